The van der Waals surface area contributed by atoms with Crippen molar-refractivity contribution in [2.45, 2.75) is 33.9 Å². The van der Waals surface area contributed by atoms with E-state index in [4.69, 9.17) is 0 Å². The normalized spacial score (nSPS) is 20.5. The molecule has 2 unspecified atom stereocenters. The number of halogens is 1. The molecule has 1 N–H and O–H groups in total. The number of nitrogens with one attached hydrogen (secondary N) is 1. The topological polar surface area (TPSA) is 27.6 Å². The van der Waals surface area contributed by atoms with Crippen LogP contribution >= 0.6 is 0 Å². The van der Waals surface area contributed by atoms with Crippen LogP contribution in [0.15, 0.2) is 90.4 Å². The fourth-order valence-corrected chi connectivity index (χ4v) is 3.30. The summed E-state index contributed by atoms with van der Waals surface area (Å²) in [7, 11) is 1.90. The minimum atomic E-state index is -1.29. The Kier molecular flexibility index (Phi) is 9.04. The molecule has 0 amide bonds. The molecule has 0 saturated carbocycles. The van der Waals surface area contributed by atoms with Gasteiger partial charge < -0.3 is 10.2 Å². The zero-order chi connectivity index (χ0) is 23.7. The van der Waals surface area contributed by atoms with Gasteiger partial charge in [-0.1, -0.05) is 54.9 Å². The molecule has 0 bridgehead atoms. The van der Waals surface area contributed by atoms with Crippen LogP contribution in [0.1, 0.15) is 31.9 Å². The second kappa shape index (κ2) is 11.7. The van der Waals surface area contributed by atoms with Crippen molar-refractivity contribution in [3.63, 3.8) is 0 Å². The molecule has 0 heterocycles. The molecule has 2 rings (SSSR count). The van der Waals surface area contributed by atoms with Crippen LogP contribution in [0.4, 0.5) is 10.1 Å². The summed E-state index contributed by atoms with van der Waals surface area (Å²) in [6.45, 7) is 15.8. The third kappa shape index (κ3) is 6.99. The van der Waals surface area contributed by atoms with E-state index in [0.29, 0.717) is 5.84 Å². The molecule has 0 aliphatic heterocycles. The van der Waals surface area contributed by atoms with Gasteiger partial charge in [0.25, 0.3) is 0 Å². The maximum absolute atomic E-state index is 14.1. The highest BCUT2D eigenvalue weighted by Gasteiger charge is 2.10. The number of hydrogen-bond donors (Lipinski definition) is 1. The van der Waals surface area contributed by atoms with Gasteiger partial charge in [-0.05, 0) is 68.7 Å². The molecular formula is C28H32FN3. The van der Waals surface area contributed by atoms with Crippen molar-refractivity contribution >= 4 is 17.1 Å². The lowest BCUT2D eigenvalue weighted by Gasteiger charge is -2.20. The van der Waals surface area contributed by atoms with E-state index in [2.05, 4.69) is 48.3 Å². The molecule has 166 valence electrons. The Balaban J connectivity index is 2.16. The smallest absolute Gasteiger partial charge is 0.179 e. The monoisotopic (exact) mass is 429 g/mol. The Morgan fingerprint density at radius 2 is 2.06 bits per heavy atom. The Bertz CT molecular complexity index is 1070. The third-order valence-electron chi connectivity index (χ3n) is 4.94. The number of alkyl halides is 1. The van der Waals surface area contributed by atoms with E-state index < -0.39 is 6.17 Å². The highest BCUT2D eigenvalue weighted by molar-refractivity contribution is 6.03. The van der Waals surface area contributed by atoms with Crippen molar-refractivity contribution in [2.24, 2.45) is 10.9 Å². The molecule has 1 aliphatic rings. The largest absolute Gasteiger partial charge is 0.349 e. The Labute approximate surface area is 192 Å². The summed E-state index contributed by atoms with van der Waals surface area (Å²) >= 11 is 0. The van der Waals surface area contributed by atoms with Crippen LogP contribution in [0.2, 0.25) is 0 Å². The molecule has 32 heavy (non-hydrogen) atoms. The van der Waals surface area contributed by atoms with Crippen molar-refractivity contribution in [3.05, 3.63) is 96.5 Å². The van der Waals surface area contributed by atoms with Crippen molar-refractivity contribution < 1.29 is 4.39 Å². The summed E-state index contributed by atoms with van der Waals surface area (Å²) in [6.07, 6.45) is 11.3. The Hall–Kier alpha value is -3.58. The van der Waals surface area contributed by atoms with Crippen LogP contribution in [0.3, 0.4) is 0 Å². The van der Waals surface area contributed by atoms with Gasteiger partial charge >= 0.3 is 0 Å². The van der Waals surface area contributed by atoms with Gasteiger partial charge in [0.2, 0.25) is 0 Å². The molecule has 0 spiro atoms. The first-order chi connectivity index (χ1) is 15.2. The quantitative estimate of drug-likeness (QED) is 0.293. The van der Waals surface area contributed by atoms with Crippen LogP contribution in [0, 0.1) is 24.7 Å². The number of amidine groups is 1. The molecule has 0 aromatic heterocycles. The highest BCUT2D eigenvalue weighted by Crippen LogP contribution is 2.21. The zero-order valence-electron chi connectivity index (χ0n) is 19.6. The second-order valence-electron chi connectivity index (χ2n) is 7.70. The van der Waals surface area contributed by atoms with Crippen molar-refractivity contribution in [1.82, 2.24) is 4.90 Å². The van der Waals surface area contributed by atoms with Gasteiger partial charge in [-0.3, -0.25) is 0 Å². The molecule has 1 aromatic carbocycles. The highest BCUT2D eigenvalue weighted by atomic mass is 19.1. The van der Waals surface area contributed by atoms with Crippen LogP contribution in [-0.2, 0) is 0 Å². The van der Waals surface area contributed by atoms with Crippen molar-refractivity contribution in [1.29, 1.82) is 0 Å². The number of aryl methyl sites for hydroxylation is 1. The van der Waals surface area contributed by atoms with Gasteiger partial charge in [-0.2, -0.15) is 0 Å². The lowest BCUT2D eigenvalue weighted by atomic mass is 10.0. The first kappa shape index (κ1) is 24.7. The first-order valence-electron chi connectivity index (χ1n) is 10.6. The fraction of sp³-hybridized carbons (Fsp3) is 0.250. The van der Waals surface area contributed by atoms with Gasteiger partial charge in [0, 0.05) is 36.7 Å². The van der Waals surface area contributed by atoms with Crippen LogP contribution in [-0.4, -0.2) is 24.0 Å². The van der Waals surface area contributed by atoms with E-state index in [1.807, 2.05) is 69.3 Å². The molecule has 0 fully saturated rings. The summed E-state index contributed by atoms with van der Waals surface area (Å²) in [4.78, 5) is 6.38. The van der Waals surface area contributed by atoms with Crippen molar-refractivity contribution in [2.75, 3.05) is 12.4 Å². The number of likely N-dealkylation sites (N-methyl/N-ethyl adjacent to an activating group) is 1. The van der Waals surface area contributed by atoms with Gasteiger partial charge in [0.05, 0.1) is 0 Å². The maximum Gasteiger partial charge on any atom is 0.179 e. The number of anilines is 1. The average Bonchev–Trinajstić information content (AvgIpc) is 2.74. The van der Waals surface area contributed by atoms with E-state index in [0.717, 1.165) is 33.7 Å². The summed E-state index contributed by atoms with van der Waals surface area (Å²) in [5.74, 6) is 6.15. The number of nitrogens with zero attached hydrogens (tertiary/aromatic N) is 2. The van der Waals surface area contributed by atoms with E-state index in [9.17, 15) is 4.39 Å². The molecule has 2 atom stereocenters. The number of hydrogen-bond acceptors (Lipinski definition) is 2. The third-order valence-corrected chi connectivity index (χ3v) is 4.94. The van der Waals surface area contributed by atoms with Gasteiger partial charge in [-0.15, -0.1) is 0 Å². The minimum Gasteiger partial charge on any atom is -0.349 e. The molecule has 1 aliphatic carbocycles. The van der Waals surface area contributed by atoms with Crippen LogP contribution in [0.5, 0.6) is 0 Å². The number of allylic oxidation sites excluding steroid dienone is 5. The molecule has 0 radical (unpaired) electrons. The van der Waals surface area contributed by atoms with Crippen LogP contribution in [0.25, 0.3) is 5.57 Å². The predicted octanol–water partition coefficient (Wildman–Crippen LogP) is 6.81. The van der Waals surface area contributed by atoms with E-state index in [-0.39, 0.29) is 5.92 Å². The molecule has 1 aromatic rings. The SMILES string of the molecule is C=CC(=N/C=C\N(C)C(=C\C)/C1=C/C(F)C#CC(C)C=C1)Nc1ccc(C(=C)C)c(C)c1. The lowest BCUT2D eigenvalue weighted by Crippen LogP contribution is -2.13. The summed E-state index contributed by atoms with van der Waals surface area (Å²) in [6, 6.07) is 6.10. The first-order valence-corrected chi connectivity index (χ1v) is 10.6. The van der Waals surface area contributed by atoms with Crippen LogP contribution < -0.4 is 5.32 Å². The number of rotatable bonds is 7. The summed E-state index contributed by atoms with van der Waals surface area (Å²) in [5, 5.41) is 3.27. The van der Waals surface area contributed by atoms with E-state index in [1.165, 1.54) is 6.08 Å². The average molecular weight is 430 g/mol. The maximum atomic E-state index is 14.1. The summed E-state index contributed by atoms with van der Waals surface area (Å²) < 4.78 is 14.1. The molecular weight excluding hydrogens is 397 g/mol. The zero-order valence-corrected chi connectivity index (χ0v) is 19.6. The Morgan fingerprint density at radius 3 is 2.69 bits per heavy atom. The second-order valence-corrected chi connectivity index (χ2v) is 7.70. The minimum absolute atomic E-state index is 0.00910. The molecule has 4 heteroatoms. The van der Waals surface area contributed by atoms with Gasteiger partial charge in [-0.25, -0.2) is 9.38 Å². The van der Waals surface area contributed by atoms with E-state index in [1.54, 1.807) is 12.3 Å². The van der Waals surface area contributed by atoms with E-state index >= 15 is 0 Å². The van der Waals surface area contributed by atoms with Crippen molar-refractivity contribution in [3.8, 4) is 11.8 Å². The van der Waals surface area contributed by atoms with Gasteiger partial charge in [0.1, 0.15) is 5.84 Å². The lowest BCUT2D eigenvalue weighted by molar-refractivity contribution is 0.477. The number of benzene rings is 1. The standard InChI is InChI=1S/C28H32FN3/c1-8-27(23-12-10-21(5)11-13-24(29)19-23)32(7)17-16-30-28(9-2)31-25-14-15-26(20(3)4)22(6)18-25/h8-10,12,14-19,21,24H,2-3H2,1,4-7H3,(H,30,31)/b12-10?,17-16-,23-19+,27-8-. The number of aliphatic imine (C=N–C) groups is 1. The fourth-order valence-electron chi connectivity index (χ4n) is 3.30. The molecule has 3 nitrogen and oxygen atoms in total. The predicted molar refractivity (Wildman–Crippen MR) is 137 cm³/mol. The molecule has 0 saturated heterocycles. The Morgan fingerprint density at radius 1 is 1.31 bits per heavy atom. The summed E-state index contributed by atoms with van der Waals surface area (Å²) in [5.41, 5.74) is 5.90. The van der Waals surface area contributed by atoms with Gasteiger partial charge in [0.15, 0.2) is 6.17 Å².